The summed E-state index contributed by atoms with van der Waals surface area (Å²) in [5.74, 6) is 0.170. The van der Waals surface area contributed by atoms with Gasteiger partial charge in [-0.2, -0.15) is 15.0 Å². The van der Waals surface area contributed by atoms with Crippen molar-refractivity contribution >= 4 is 40.8 Å². The van der Waals surface area contributed by atoms with Crippen LogP contribution in [0.3, 0.4) is 0 Å². The number of carbonyl (C=O) groups excluding carboxylic acids is 1. The van der Waals surface area contributed by atoms with Crippen LogP contribution in [0, 0.1) is 33.5 Å². The molecule has 3 aromatic carbocycles. The zero-order chi connectivity index (χ0) is 26.5. The largest absolute Gasteiger partial charge is 0.342 e. The van der Waals surface area contributed by atoms with Crippen LogP contribution in [-0.4, -0.2) is 26.9 Å². The molecule has 0 saturated carbocycles. The van der Waals surface area contributed by atoms with E-state index in [1.165, 1.54) is 24.3 Å². The quantitative estimate of drug-likeness (QED) is 0.230. The highest BCUT2D eigenvalue weighted by molar-refractivity contribution is 5.96. The number of hydrogen-bond acceptors (Lipinski definition) is 7. The normalized spacial score (nSPS) is 11.5. The molecule has 0 bridgehead atoms. The molecule has 0 aliphatic carbocycles. The van der Waals surface area contributed by atoms with Gasteiger partial charge in [-0.1, -0.05) is 35.4 Å². The fraction of sp³-hybridized carbons (Fsp3) is 0.214. The fourth-order valence-corrected chi connectivity index (χ4v) is 3.74. The van der Waals surface area contributed by atoms with E-state index in [1.54, 1.807) is 6.92 Å². The predicted octanol–water partition coefficient (Wildman–Crippen LogP) is 6.17. The standard InChI is InChI=1S/C28H30FN7O/c1-16-6-12-23(18(3)14-16)32-27-34-26(30-20(5)25(37)31-22-10-8-21(29)9-11-22)35-28(36-27)33-24-13-7-17(2)15-19(24)4/h6-15,20H,1-5H3,(H,31,37)(H3,30,32,33,34,35,36). The Bertz CT molecular complexity index is 1350. The maximum Gasteiger partial charge on any atom is 0.246 e. The van der Waals surface area contributed by atoms with Gasteiger partial charge in [0.05, 0.1) is 0 Å². The van der Waals surface area contributed by atoms with Gasteiger partial charge in [0, 0.05) is 17.1 Å². The molecule has 37 heavy (non-hydrogen) atoms. The van der Waals surface area contributed by atoms with Crippen LogP contribution < -0.4 is 21.3 Å². The third-order valence-corrected chi connectivity index (χ3v) is 5.74. The predicted molar refractivity (Wildman–Crippen MR) is 146 cm³/mol. The third kappa shape index (κ3) is 6.78. The van der Waals surface area contributed by atoms with E-state index in [1.807, 2.05) is 52.0 Å². The molecule has 1 aromatic heterocycles. The van der Waals surface area contributed by atoms with E-state index < -0.39 is 6.04 Å². The van der Waals surface area contributed by atoms with Crippen LogP contribution in [-0.2, 0) is 4.79 Å². The van der Waals surface area contributed by atoms with Gasteiger partial charge in [-0.15, -0.1) is 0 Å². The fourth-order valence-electron chi connectivity index (χ4n) is 3.74. The monoisotopic (exact) mass is 499 g/mol. The summed E-state index contributed by atoms with van der Waals surface area (Å²) in [5.41, 5.74) is 6.62. The minimum Gasteiger partial charge on any atom is -0.342 e. The highest BCUT2D eigenvalue weighted by Crippen LogP contribution is 2.24. The molecule has 4 aromatic rings. The second-order valence-corrected chi connectivity index (χ2v) is 9.06. The molecule has 0 spiro atoms. The SMILES string of the molecule is Cc1ccc(Nc2nc(Nc3ccc(C)cc3C)nc(NC(C)C(=O)Nc3ccc(F)cc3)n2)c(C)c1. The molecule has 0 aliphatic heterocycles. The average Bonchev–Trinajstić information content (AvgIpc) is 2.84. The van der Waals surface area contributed by atoms with Crippen LogP contribution in [0.25, 0.3) is 0 Å². The summed E-state index contributed by atoms with van der Waals surface area (Å²) >= 11 is 0. The number of nitrogens with one attached hydrogen (secondary N) is 4. The summed E-state index contributed by atoms with van der Waals surface area (Å²) in [4.78, 5) is 26.3. The lowest BCUT2D eigenvalue weighted by Crippen LogP contribution is -2.32. The van der Waals surface area contributed by atoms with E-state index in [4.69, 9.17) is 0 Å². The zero-order valence-electron chi connectivity index (χ0n) is 21.5. The molecule has 1 amide bonds. The maximum atomic E-state index is 13.2. The number of aromatic nitrogens is 3. The summed E-state index contributed by atoms with van der Waals surface area (Å²) in [7, 11) is 0. The molecule has 0 radical (unpaired) electrons. The van der Waals surface area contributed by atoms with Crippen LogP contribution in [0.5, 0.6) is 0 Å². The van der Waals surface area contributed by atoms with Gasteiger partial charge in [-0.05, 0) is 82.1 Å². The van der Waals surface area contributed by atoms with Crippen molar-refractivity contribution in [3.8, 4) is 0 Å². The van der Waals surface area contributed by atoms with Crippen LogP contribution in [0.15, 0.2) is 60.7 Å². The molecule has 4 rings (SSSR count). The smallest absolute Gasteiger partial charge is 0.246 e. The van der Waals surface area contributed by atoms with Crippen molar-refractivity contribution in [1.29, 1.82) is 0 Å². The Morgan fingerprint density at radius 2 is 1.22 bits per heavy atom. The van der Waals surface area contributed by atoms with Crippen LogP contribution >= 0.6 is 0 Å². The third-order valence-electron chi connectivity index (χ3n) is 5.74. The van der Waals surface area contributed by atoms with Gasteiger partial charge in [-0.3, -0.25) is 4.79 Å². The summed E-state index contributed by atoms with van der Waals surface area (Å²) in [6.45, 7) is 9.77. The Morgan fingerprint density at radius 1 is 0.730 bits per heavy atom. The lowest BCUT2D eigenvalue weighted by Gasteiger charge is -2.17. The van der Waals surface area contributed by atoms with E-state index in [-0.39, 0.29) is 17.7 Å². The summed E-state index contributed by atoms with van der Waals surface area (Å²) in [6.07, 6.45) is 0. The molecule has 4 N–H and O–H groups in total. The Hall–Kier alpha value is -4.53. The molecule has 1 heterocycles. The Kier molecular flexibility index (Phi) is 7.62. The molecule has 0 saturated heterocycles. The number of anilines is 6. The second kappa shape index (κ2) is 11.0. The van der Waals surface area contributed by atoms with Gasteiger partial charge in [0.1, 0.15) is 11.9 Å². The molecule has 1 atom stereocenters. The first-order chi connectivity index (χ1) is 17.7. The molecule has 190 valence electrons. The van der Waals surface area contributed by atoms with E-state index in [9.17, 15) is 9.18 Å². The van der Waals surface area contributed by atoms with Gasteiger partial charge >= 0.3 is 0 Å². The van der Waals surface area contributed by atoms with Crippen molar-refractivity contribution in [2.45, 2.75) is 40.7 Å². The maximum absolute atomic E-state index is 13.2. The highest BCUT2D eigenvalue weighted by atomic mass is 19.1. The minimum atomic E-state index is -0.685. The van der Waals surface area contributed by atoms with Gasteiger partial charge in [0.25, 0.3) is 0 Å². The molecular weight excluding hydrogens is 469 g/mol. The van der Waals surface area contributed by atoms with Crippen molar-refractivity contribution in [1.82, 2.24) is 15.0 Å². The van der Waals surface area contributed by atoms with E-state index >= 15 is 0 Å². The Balaban J connectivity index is 1.59. The van der Waals surface area contributed by atoms with Gasteiger partial charge in [-0.25, -0.2) is 4.39 Å². The topological polar surface area (TPSA) is 104 Å². The van der Waals surface area contributed by atoms with Crippen molar-refractivity contribution in [3.63, 3.8) is 0 Å². The molecule has 1 unspecified atom stereocenters. The Labute approximate surface area is 215 Å². The first-order valence-corrected chi connectivity index (χ1v) is 11.9. The number of rotatable bonds is 8. The highest BCUT2D eigenvalue weighted by Gasteiger charge is 2.17. The van der Waals surface area contributed by atoms with Crippen LogP contribution in [0.2, 0.25) is 0 Å². The van der Waals surface area contributed by atoms with Crippen molar-refractivity contribution in [2.75, 3.05) is 21.3 Å². The summed E-state index contributed by atoms with van der Waals surface area (Å²) in [5, 5.41) is 12.3. The van der Waals surface area contributed by atoms with Crippen molar-refractivity contribution < 1.29 is 9.18 Å². The number of amides is 1. The number of hydrogen-bond donors (Lipinski definition) is 4. The minimum absolute atomic E-state index is 0.219. The average molecular weight is 500 g/mol. The number of halogens is 1. The first-order valence-electron chi connectivity index (χ1n) is 11.9. The number of nitrogens with zero attached hydrogens (tertiary/aromatic N) is 3. The van der Waals surface area contributed by atoms with E-state index in [0.717, 1.165) is 33.6 Å². The lowest BCUT2D eigenvalue weighted by molar-refractivity contribution is -0.116. The number of benzene rings is 3. The summed E-state index contributed by atoms with van der Waals surface area (Å²) < 4.78 is 13.2. The van der Waals surface area contributed by atoms with Gasteiger partial charge in [0.15, 0.2) is 0 Å². The van der Waals surface area contributed by atoms with Gasteiger partial charge in [0.2, 0.25) is 23.8 Å². The summed E-state index contributed by atoms with van der Waals surface area (Å²) in [6, 6.07) is 17.0. The van der Waals surface area contributed by atoms with E-state index in [0.29, 0.717) is 17.6 Å². The molecular formula is C28H30FN7O. The van der Waals surface area contributed by atoms with E-state index in [2.05, 4.69) is 48.4 Å². The zero-order valence-corrected chi connectivity index (χ0v) is 21.5. The lowest BCUT2D eigenvalue weighted by atomic mass is 10.1. The van der Waals surface area contributed by atoms with Crippen LogP contribution in [0.1, 0.15) is 29.2 Å². The van der Waals surface area contributed by atoms with Crippen molar-refractivity contribution in [2.24, 2.45) is 0 Å². The molecule has 8 nitrogen and oxygen atoms in total. The first kappa shape index (κ1) is 25.6. The molecule has 9 heteroatoms. The Morgan fingerprint density at radius 3 is 1.70 bits per heavy atom. The van der Waals surface area contributed by atoms with Crippen molar-refractivity contribution in [3.05, 3.63) is 88.7 Å². The van der Waals surface area contributed by atoms with Crippen LogP contribution in [0.4, 0.5) is 39.3 Å². The second-order valence-electron chi connectivity index (χ2n) is 9.06. The van der Waals surface area contributed by atoms with Gasteiger partial charge < -0.3 is 21.3 Å². The molecule has 0 aliphatic rings. The number of carbonyl (C=O) groups is 1. The molecule has 0 fully saturated rings. The number of aryl methyl sites for hydroxylation is 4.